The first-order chi connectivity index (χ1) is 18.0. The summed E-state index contributed by atoms with van der Waals surface area (Å²) in [4.78, 5) is 15.5. The average molecular weight is 492 g/mol. The van der Waals surface area contributed by atoms with Gasteiger partial charge < -0.3 is 9.32 Å². The Bertz CT molecular complexity index is 1300. The summed E-state index contributed by atoms with van der Waals surface area (Å²) in [6, 6.07) is 20.0. The van der Waals surface area contributed by atoms with Crippen molar-refractivity contribution in [3.05, 3.63) is 115 Å². The predicted molar refractivity (Wildman–Crippen MR) is 156 cm³/mol. The van der Waals surface area contributed by atoms with E-state index in [4.69, 9.17) is 4.42 Å². The minimum absolute atomic E-state index is 0.0331. The molecule has 2 atom stereocenters. The molecule has 1 unspecified atom stereocenters. The van der Waals surface area contributed by atoms with E-state index in [9.17, 15) is 4.79 Å². The lowest BCUT2D eigenvalue weighted by molar-refractivity contribution is -0.128. The van der Waals surface area contributed by atoms with E-state index in [1.54, 1.807) is 12.3 Å². The number of carbonyl (C=O) groups excluding carboxylic acids is 1. The molecule has 1 aromatic heterocycles. The third-order valence-electron chi connectivity index (χ3n) is 6.81. The SMILES string of the molecule is C=C=C(CC1CCN(C(=O)C(=C=C)c2ccc(-c3ccco3)c(C=C)c2)[C@H](C)C1)c1ccccc1.CC. The van der Waals surface area contributed by atoms with Crippen LogP contribution in [0, 0.1) is 5.92 Å². The lowest BCUT2D eigenvalue weighted by atomic mass is 9.84. The number of benzene rings is 2. The van der Waals surface area contributed by atoms with Crippen molar-refractivity contribution < 1.29 is 9.21 Å². The molecule has 3 nitrogen and oxygen atoms in total. The summed E-state index contributed by atoms with van der Waals surface area (Å²) in [5, 5.41) is 0. The Morgan fingerprint density at radius 1 is 1.05 bits per heavy atom. The van der Waals surface area contributed by atoms with Gasteiger partial charge in [0.05, 0.1) is 11.8 Å². The van der Waals surface area contributed by atoms with Gasteiger partial charge >= 0.3 is 0 Å². The molecule has 0 aliphatic carbocycles. The highest BCUT2D eigenvalue weighted by atomic mass is 16.3. The zero-order valence-corrected chi connectivity index (χ0v) is 22.3. The molecule has 0 radical (unpaired) electrons. The summed E-state index contributed by atoms with van der Waals surface area (Å²) >= 11 is 0. The van der Waals surface area contributed by atoms with Crippen LogP contribution in [0.4, 0.5) is 0 Å². The fraction of sp³-hybridized carbons (Fsp3) is 0.265. The summed E-state index contributed by atoms with van der Waals surface area (Å²) < 4.78 is 5.55. The third kappa shape index (κ3) is 6.40. The van der Waals surface area contributed by atoms with Crippen LogP contribution in [0.25, 0.3) is 28.5 Å². The van der Waals surface area contributed by atoms with Crippen molar-refractivity contribution in [2.75, 3.05) is 6.54 Å². The molecule has 0 N–H and O–H groups in total. The van der Waals surface area contributed by atoms with Crippen LogP contribution in [-0.4, -0.2) is 23.4 Å². The van der Waals surface area contributed by atoms with Gasteiger partial charge in [0, 0.05) is 23.7 Å². The van der Waals surface area contributed by atoms with Crippen LogP contribution >= 0.6 is 0 Å². The monoisotopic (exact) mass is 491 g/mol. The Morgan fingerprint density at radius 3 is 2.41 bits per heavy atom. The number of hydrogen-bond donors (Lipinski definition) is 0. The van der Waals surface area contributed by atoms with Crippen molar-refractivity contribution in [2.45, 2.75) is 46.1 Å². The first-order valence-electron chi connectivity index (χ1n) is 13.0. The van der Waals surface area contributed by atoms with Crippen molar-refractivity contribution in [1.29, 1.82) is 0 Å². The van der Waals surface area contributed by atoms with Gasteiger partial charge in [0.1, 0.15) is 5.76 Å². The Hall–Kier alpha value is -4.03. The lowest BCUT2D eigenvalue weighted by Crippen LogP contribution is -2.44. The quantitative estimate of drug-likeness (QED) is 0.245. The highest BCUT2D eigenvalue weighted by Crippen LogP contribution is 2.34. The minimum atomic E-state index is -0.0331. The van der Waals surface area contributed by atoms with E-state index in [1.165, 1.54) is 5.56 Å². The van der Waals surface area contributed by atoms with Gasteiger partial charge in [-0.3, -0.25) is 4.79 Å². The van der Waals surface area contributed by atoms with Gasteiger partial charge in [0.2, 0.25) is 0 Å². The fourth-order valence-electron chi connectivity index (χ4n) is 4.96. The number of hydrogen-bond acceptors (Lipinski definition) is 2. The molecule has 1 saturated heterocycles. The van der Waals surface area contributed by atoms with E-state index in [1.807, 2.05) is 67.3 Å². The first-order valence-corrected chi connectivity index (χ1v) is 13.0. The molecule has 0 saturated carbocycles. The van der Waals surface area contributed by atoms with Crippen molar-refractivity contribution in [3.63, 3.8) is 0 Å². The first kappa shape index (κ1) is 27.6. The van der Waals surface area contributed by atoms with Crippen molar-refractivity contribution in [2.24, 2.45) is 5.92 Å². The summed E-state index contributed by atoms with van der Waals surface area (Å²) in [5.41, 5.74) is 11.5. The van der Waals surface area contributed by atoms with E-state index >= 15 is 0 Å². The zero-order chi connectivity index (χ0) is 26.8. The molecule has 1 aliphatic rings. The molecule has 3 heteroatoms. The van der Waals surface area contributed by atoms with E-state index in [0.29, 0.717) is 18.0 Å². The van der Waals surface area contributed by atoms with E-state index in [0.717, 1.165) is 47.3 Å². The van der Waals surface area contributed by atoms with Crippen LogP contribution in [0.1, 0.15) is 56.7 Å². The number of furan rings is 1. The molecule has 1 fully saturated rings. The molecule has 2 heterocycles. The number of nitrogens with zero attached hydrogens (tertiary/aromatic N) is 1. The maximum absolute atomic E-state index is 13.6. The van der Waals surface area contributed by atoms with Gasteiger partial charge in [-0.2, -0.15) is 0 Å². The van der Waals surface area contributed by atoms with Gasteiger partial charge in [0.15, 0.2) is 0 Å². The van der Waals surface area contributed by atoms with Crippen LogP contribution in [0.15, 0.2) is 103 Å². The van der Waals surface area contributed by atoms with E-state index in [2.05, 4.69) is 50.3 Å². The molecule has 190 valence electrons. The molecule has 0 spiro atoms. The second-order valence-corrected chi connectivity index (χ2v) is 9.00. The lowest BCUT2D eigenvalue weighted by Gasteiger charge is -2.38. The van der Waals surface area contributed by atoms with E-state index in [-0.39, 0.29) is 11.9 Å². The largest absolute Gasteiger partial charge is 0.464 e. The van der Waals surface area contributed by atoms with Crippen LogP contribution in [0.5, 0.6) is 0 Å². The van der Waals surface area contributed by atoms with Crippen molar-refractivity contribution in [3.8, 4) is 11.3 Å². The topological polar surface area (TPSA) is 33.5 Å². The number of carbonyl (C=O) groups is 1. The minimum Gasteiger partial charge on any atom is -0.464 e. The summed E-state index contributed by atoms with van der Waals surface area (Å²) in [7, 11) is 0. The van der Waals surface area contributed by atoms with Crippen LogP contribution in [0.2, 0.25) is 0 Å². The normalized spacial score (nSPS) is 16.5. The Labute approximate surface area is 221 Å². The van der Waals surface area contributed by atoms with Gasteiger partial charge in [-0.15, -0.1) is 11.5 Å². The summed E-state index contributed by atoms with van der Waals surface area (Å²) in [6.07, 6.45) is 6.21. The van der Waals surface area contributed by atoms with Crippen molar-refractivity contribution >= 4 is 23.1 Å². The predicted octanol–water partition coefficient (Wildman–Crippen LogP) is 8.67. The number of piperidine rings is 1. The second kappa shape index (κ2) is 13.3. The van der Waals surface area contributed by atoms with Crippen LogP contribution < -0.4 is 0 Å². The van der Waals surface area contributed by atoms with Crippen molar-refractivity contribution in [1.82, 2.24) is 4.90 Å². The Morgan fingerprint density at radius 2 is 1.81 bits per heavy atom. The molecule has 1 amide bonds. The maximum Gasteiger partial charge on any atom is 0.262 e. The van der Waals surface area contributed by atoms with Gasteiger partial charge in [-0.25, -0.2) is 0 Å². The molecular weight excluding hydrogens is 454 g/mol. The fourth-order valence-corrected chi connectivity index (χ4v) is 4.96. The Balaban J connectivity index is 0.00000186. The highest BCUT2D eigenvalue weighted by molar-refractivity contribution is 6.19. The molecule has 2 aromatic carbocycles. The maximum atomic E-state index is 13.6. The molecular formula is C34H37NO2. The molecule has 1 aliphatic heterocycles. The van der Waals surface area contributed by atoms with Crippen LogP contribution in [0.3, 0.4) is 0 Å². The van der Waals surface area contributed by atoms with Gasteiger partial charge in [-0.05, 0) is 73.1 Å². The smallest absolute Gasteiger partial charge is 0.262 e. The summed E-state index contributed by atoms with van der Waals surface area (Å²) in [6.45, 7) is 18.5. The molecule has 3 aromatic rings. The number of amides is 1. The Kier molecular flexibility index (Phi) is 9.92. The van der Waals surface area contributed by atoms with E-state index < -0.39 is 0 Å². The van der Waals surface area contributed by atoms with Gasteiger partial charge in [-0.1, -0.05) is 76.1 Å². The zero-order valence-electron chi connectivity index (χ0n) is 22.3. The second-order valence-electron chi connectivity index (χ2n) is 9.00. The third-order valence-corrected chi connectivity index (χ3v) is 6.81. The number of rotatable bonds is 7. The highest BCUT2D eigenvalue weighted by Gasteiger charge is 2.31. The summed E-state index contributed by atoms with van der Waals surface area (Å²) in [5.74, 6) is 1.21. The number of likely N-dealkylation sites (tertiary alicyclic amines) is 1. The van der Waals surface area contributed by atoms with Crippen LogP contribution in [-0.2, 0) is 4.79 Å². The molecule has 37 heavy (non-hydrogen) atoms. The molecule has 0 bridgehead atoms. The average Bonchev–Trinajstić information content (AvgIpc) is 3.48. The standard InChI is InChI=1S/C32H31NO2.C2H6/c1-5-25(27-12-9-8-10-13-27)21-24-17-18-33(23(4)20-24)32(34)29(7-3)28-15-16-30(26(6-2)22-28)31-14-11-19-35-31;1-2/h6,8-16,19,22-24H,1-3,17-18,20-21H2,4H3;1-2H3/t23-,24?;/m1./s1. The van der Waals surface area contributed by atoms with Gasteiger partial charge in [0.25, 0.3) is 5.91 Å². The number of allylic oxidation sites excluding steroid dienone is 1. The molecule has 4 rings (SSSR count).